The van der Waals surface area contributed by atoms with Crippen LogP contribution in [0, 0.1) is 11.8 Å². The topological polar surface area (TPSA) is 40.6 Å². The van der Waals surface area contributed by atoms with Gasteiger partial charge in [0.25, 0.3) is 11.8 Å². The van der Waals surface area contributed by atoms with Crippen LogP contribution < -0.4 is 9.80 Å². The molecule has 0 N–H and O–H groups in total. The van der Waals surface area contributed by atoms with Gasteiger partial charge in [0, 0.05) is 39.5 Å². The lowest BCUT2D eigenvalue weighted by Crippen LogP contribution is -2.34. The zero-order valence-electron chi connectivity index (χ0n) is 33.9. The third kappa shape index (κ3) is 9.56. The number of para-hydroxylation sites is 1. The van der Waals surface area contributed by atoms with Crippen LogP contribution in [0.15, 0.2) is 62.2 Å². The number of thiophene rings is 2. The highest BCUT2D eigenvalue weighted by Gasteiger charge is 2.43. The highest BCUT2D eigenvalue weighted by Crippen LogP contribution is 2.49. The molecule has 2 unspecified atom stereocenters. The molecule has 0 fully saturated rings. The first-order valence-corrected chi connectivity index (χ1v) is 24.3. The average molecular weight is 919 g/mol. The summed E-state index contributed by atoms with van der Waals surface area (Å²) in [5.74, 6) is 0.730. The third-order valence-corrected chi connectivity index (χ3v) is 15.3. The maximum Gasteiger partial charge on any atom is 0.259 e. The van der Waals surface area contributed by atoms with Crippen LogP contribution in [0.1, 0.15) is 139 Å². The SMILES string of the molecule is CCCCCCc1cc(-c2ccc3c(c2)N(CC(CC)CCCC)C(=O)/C3=C2/C(=O)N(CC(CC)CCCC)c3ccccc32)sc1/C=C/c1cc(Br)sc1Br. The molecule has 298 valence electrons. The van der Waals surface area contributed by atoms with E-state index in [-0.39, 0.29) is 11.8 Å². The van der Waals surface area contributed by atoms with Gasteiger partial charge in [-0.1, -0.05) is 129 Å². The van der Waals surface area contributed by atoms with E-state index in [9.17, 15) is 9.59 Å². The average Bonchev–Trinajstić information content (AvgIpc) is 3.92. The van der Waals surface area contributed by atoms with Crippen LogP contribution in [0.5, 0.6) is 0 Å². The van der Waals surface area contributed by atoms with Crippen LogP contribution >= 0.6 is 54.5 Å². The number of benzene rings is 2. The number of nitrogens with zero attached hydrogens (tertiary/aromatic N) is 2. The zero-order valence-corrected chi connectivity index (χ0v) is 38.7. The van der Waals surface area contributed by atoms with Crippen LogP contribution in [0.2, 0.25) is 0 Å². The van der Waals surface area contributed by atoms with Crippen molar-refractivity contribution in [2.75, 3.05) is 22.9 Å². The minimum Gasteiger partial charge on any atom is -0.307 e. The molecule has 4 nitrogen and oxygen atoms in total. The Labute approximate surface area is 360 Å². The summed E-state index contributed by atoms with van der Waals surface area (Å²) in [5, 5.41) is 0. The van der Waals surface area contributed by atoms with Crippen molar-refractivity contribution in [3.05, 3.63) is 89.3 Å². The molecule has 2 atom stereocenters. The Balaban J connectivity index is 1.44. The molecule has 2 aliphatic rings. The Bertz CT molecular complexity index is 2060. The number of hydrogen-bond donors (Lipinski definition) is 0. The molecular weight excluding hydrogens is 860 g/mol. The van der Waals surface area contributed by atoms with Gasteiger partial charge in [0.2, 0.25) is 0 Å². The Morgan fingerprint density at radius 2 is 1.29 bits per heavy atom. The second-order valence-corrected chi connectivity index (χ2v) is 20.4. The minimum absolute atomic E-state index is 0.0360. The largest absolute Gasteiger partial charge is 0.307 e. The number of rotatable bonds is 20. The van der Waals surface area contributed by atoms with E-state index >= 15 is 0 Å². The van der Waals surface area contributed by atoms with Crippen LogP contribution in [-0.4, -0.2) is 24.9 Å². The normalized spacial score (nSPS) is 16.4. The first-order chi connectivity index (χ1) is 27.2. The lowest BCUT2D eigenvalue weighted by molar-refractivity contribution is -0.114. The molecule has 0 saturated carbocycles. The number of aryl methyl sites for hydroxylation is 1. The summed E-state index contributed by atoms with van der Waals surface area (Å²) >= 11 is 10.9. The summed E-state index contributed by atoms with van der Waals surface area (Å²) in [6.45, 7) is 12.5. The van der Waals surface area contributed by atoms with E-state index < -0.39 is 0 Å². The van der Waals surface area contributed by atoms with Crippen molar-refractivity contribution in [2.45, 2.75) is 118 Å². The number of halogens is 2. The summed E-state index contributed by atoms with van der Waals surface area (Å²) in [6.07, 6.45) is 19.2. The van der Waals surface area contributed by atoms with Gasteiger partial charge >= 0.3 is 0 Å². The van der Waals surface area contributed by atoms with E-state index in [1.54, 1.807) is 11.3 Å². The molecule has 56 heavy (non-hydrogen) atoms. The van der Waals surface area contributed by atoms with Gasteiger partial charge in [0.1, 0.15) is 0 Å². The lowest BCUT2D eigenvalue weighted by Gasteiger charge is -2.24. The van der Waals surface area contributed by atoms with Gasteiger partial charge in [-0.15, -0.1) is 22.7 Å². The fourth-order valence-electron chi connectivity index (χ4n) is 8.25. The molecule has 0 spiro atoms. The fraction of sp³-hybridized carbons (Fsp3) is 0.458. The smallest absolute Gasteiger partial charge is 0.259 e. The van der Waals surface area contributed by atoms with Gasteiger partial charge in [-0.25, -0.2) is 0 Å². The molecule has 0 aliphatic carbocycles. The Morgan fingerprint density at radius 1 is 0.661 bits per heavy atom. The van der Waals surface area contributed by atoms with E-state index in [0.717, 1.165) is 93.4 Å². The van der Waals surface area contributed by atoms with Crippen LogP contribution in [0.25, 0.3) is 33.7 Å². The molecule has 6 rings (SSSR count). The van der Waals surface area contributed by atoms with E-state index in [1.807, 2.05) is 39.3 Å². The van der Waals surface area contributed by atoms with Gasteiger partial charge in [-0.3, -0.25) is 9.59 Å². The quantitative estimate of drug-likeness (QED) is 0.0655. The summed E-state index contributed by atoms with van der Waals surface area (Å²) in [7, 11) is 0. The van der Waals surface area contributed by atoms with Crippen molar-refractivity contribution in [2.24, 2.45) is 11.8 Å². The summed E-state index contributed by atoms with van der Waals surface area (Å²) in [6, 6.07) is 19.2. The van der Waals surface area contributed by atoms with E-state index in [1.165, 1.54) is 46.6 Å². The number of carbonyl (C=O) groups is 2. The van der Waals surface area contributed by atoms with Crippen molar-refractivity contribution in [1.29, 1.82) is 0 Å². The second kappa shape index (κ2) is 20.3. The predicted molar refractivity (Wildman–Crippen MR) is 251 cm³/mol. The molecule has 0 bridgehead atoms. The fourth-order valence-corrected chi connectivity index (χ4v) is 12.1. The molecule has 2 amide bonds. The summed E-state index contributed by atoms with van der Waals surface area (Å²) in [4.78, 5) is 36.1. The highest BCUT2D eigenvalue weighted by molar-refractivity contribution is 9.12. The molecule has 2 aromatic carbocycles. The zero-order chi connectivity index (χ0) is 39.8. The molecular formula is C48H58Br2N2O2S2. The first kappa shape index (κ1) is 42.8. The van der Waals surface area contributed by atoms with E-state index in [4.69, 9.17) is 0 Å². The number of fused-ring (bicyclic) bond motifs is 2. The number of unbranched alkanes of at least 4 members (excludes halogenated alkanes) is 5. The Kier molecular flexibility index (Phi) is 15.5. The summed E-state index contributed by atoms with van der Waals surface area (Å²) < 4.78 is 2.22. The second-order valence-electron chi connectivity index (χ2n) is 15.6. The van der Waals surface area contributed by atoms with Gasteiger partial charge in [0.05, 0.1) is 30.1 Å². The van der Waals surface area contributed by atoms with Crippen molar-refractivity contribution in [3.8, 4) is 10.4 Å². The van der Waals surface area contributed by atoms with E-state index in [0.29, 0.717) is 36.1 Å². The highest BCUT2D eigenvalue weighted by atomic mass is 79.9. The number of amides is 2. The predicted octanol–water partition coefficient (Wildman–Crippen LogP) is 15.3. The van der Waals surface area contributed by atoms with Crippen LogP contribution in [-0.2, 0) is 16.0 Å². The first-order valence-electron chi connectivity index (χ1n) is 21.1. The van der Waals surface area contributed by atoms with Crippen LogP contribution in [0.3, 0.4) is 0 Å². The minimum atomic E-state index is -0.0379. The van der Waals surface area contributed by atoms with Gasteiger partial charge < -0.3 is 9.80 Å². The summed E-state index contributed by atoms with van der Waals surface area (Å²) in [5.41, 5.74) is 8.43. The Hall–Kier alpha value is -2.78. The molecule has 0 radical (unpaired) electrons. The van der Waals surface area contributed by atoms with E-state index in [2.05, 4.69) is 115 Å². The van der Waals surface area contributed by atoms with Crippen molar-refractivity contribution >= 4 is 101 Å². The van der Waals surface area contributed by atoms with Crippen molar-refractivity contribution in [1.82, 2.24) is 0 Å². The van der Waals surface area contributed by atoms with Crippen molar-refractivity contribution < 1.29 is 9.59 Å². The maximum atomic E-state index is 15.0. The molecule has 0 saturated heterocycles. The molecule has 2 aliphatic heterocycles. The van der Waals surface area contributed by atoms with Gasteiger partial charge in [-0.2, -0.15) is 0 Å². The number of anilines is 2. The Morgan fingerprint density at radius 3 is 1.89 bits per heavy atom. The number of carbonyl (C=O) groups excluding carboxylic acids is 2. The maximum absolute atomic E-state index is 15.0. The van der Waals surface area contributed by atoms with Crippen molar-refractivity contribution in [3.63, 3.8) is 0 Å². The van der Waals surface area contributed by atoms with Crippen LogP contribution in [0.4, 0.5) is 11.4 Å². The molecule has 2 aromatic heterocycles. The third-order valence-electron chi connectivity index (χ3n) is 11.7. The number of hydrogen-bond acceptors (Lipinski definition) is 4. The van der Waals surface area contributed by atoms with Gasteiger partial charge in [-0.05, 0) is 111 Å². The molecule has 8 heteroatoms. The molecule has 4 heterocycles. The van der Waals surface area contributed by atoms with Gasteiger partial charge in [0.15, 0.2) is 0 Å². The lowest BCUT2D eigenvalue weighted by atomic mass is 9.95. The molecule has 4 aromatic rings. The standard InChI is InChI=1S/C48H58Br2N2O2S2/c1-6-11-14-15-20-34-28-42(55-41(34)26-24-36-29-43(49)56-46(36)50)35-23-25-38-40(27-35)52(31-33(10-5)19-13-8-3)48(54)45(38)44-37-21-16-17-22-39(37)51(47(44)53)30-32(9-4)18-12-7-2/h16-17,21-29,32-33H,6-15,18-20,30-31H2,1-5H3/b26-24+,45-44+. The monoisotopic (exact) mass is 916 g/mol.